The molecule has 0 aromatic carbocycles. The van der Waals surface area contributed by atoms with Gasteiger partial charge < -0.3 is 16.6 Å². The van der Waals surface area contributed by atoms with Crippen LogP contribution in [-0.2, 0) is 4.79 Å². The van der Waals surface area contributed by atoms with Crippen molar-refractivity contribution in [2.24, 2.45) is 11.5 Å². The minimum absolute atomic E-state index is 0.270. The summed E-state index contributed by atoms with van der Waals surface area (Å²) in [5.74, 6) is -0.746. The van der Waals surface area contributed by atoms with Gasteiger partial charge in [-0.05, 0) is 6.42 Å². The van der Waals surface area contributed by atoms with Crippen molar-refractivity contribution in [3.8, 4) is 0 Å². The van der Waals surface area contributed by atoms with Gasteiger partial charge in [0.15, 0.2) is 6.10 Å². The summed E-state index contributed by atoms with van der Waals surface area (Å²) in [6, 6.07) is -1.51. The summed E-state index contributed by atoms with van der Waals surface area (Å²) in [6.07, 6.45) is -7.91. The Bertz CT molecular complexity index is 183. The zero-order valence-electron chi connectivity index (χ0n) is 6.71. The highest BCUT2D eigenvalue weighted by Gasteiger charge is 2.41. The molecule has 0 saturated carbocycles. The summed E-state index contributed by atoms with van der Waals surface area (Å²) in [5, 5.41) is 8.56. The minimum Gasteiger partial charge on any atom is -0.382 e. The van der Waals surface area contributed by atoms with Gasteiger partial charge in [0.25, 0.3) is 0 Å². The van der Waals surface area contributed by atoms with Crippen LogP contribution in [0.3, 0.4) is 0 Å². The van der Waals surface area contributed by atoms with E-state index in [1.165, 1.54) is 0 Å². The SMILES string of the molecule is NC(=O)CC[C@H](N)C(O)C(F)(F)F. The average Bonchev–Trinajstić information content (AvgIpc) is 1.96. The Balaban J connectivity index is 3.97. The van der Waals surface area contributed by atoms with Crippen molar-refractivity contribution in [3.05, 3.63) is 0 Å². The molecule has 0 heterocycles. The molecule has 0 aliphatic heterocycles. The van der Waals surface area contributed by atoms with Gasteiger partial charge >= 0.3 is 6.18 Å². The summed E-state index contributed by atoms with van der Waals surface area (Å²) >= 11 is 0. The lowest BCUT2D eigenvalue weighted by molar-refractivity contribution is -0.210. The van der Waals surface area contributed by atoms with E-state index in [2.05, 4.69) is 0 Å². The molecule has 0 spiro atoms. The number of carbonyl (C=O) groups is 1. The Morgan fingerprint density at radius 3 is 2.23 bits per heavy atom. The smallest absolute Gasteiger partial charge is 0.382 e. The summed E-state index contributed by atoms with van der Waals surface area (Å²) in [4.78, 5) is 10.2. The molecule has 1 amide bonds. The van der Waals surface area contributed by atoms with Crippen LogP contribution in [0, 0.1) is 0 Å². The maximum Gasteiger partial charge on any atom is 0.415 e. The Morgan fingerprint density at radius 2 is 1.92 bits per heavy atom. The zero-order valence-corrected chi connectivity index (χ0v) is 6.71. The third-order valence-electron chi connectivity index (χ3n) is 1.46. The number of halogens is 3. The number of hydrogen-bond donors (Lipinski definition) is 3. The quantitative estimate of drug-likeness (QED) is 0.571. The van der Waals surface area contributed by atoms with E-state index < -0.39 is 24.2 Å². The van der Waals surface area contributed by atoms with Crippen LogP contribution in [0.5, 0.6) is 0 Å². The zero-order chi connectivity index (χ0) is 10.6. The van der Waals surface area contributed by atoms with E-state index in [9.17, 15) is 18.0 Å². The third-order valence-corrected chi connectivity index (χ3v) is 1.46. The number of hydrogen-bond acceptors (Lipinski definition) is 3. The molecule has 7 heteroatoms. The summed E-state index contributed by atoms with van der Waals surface area (Å²) in [7, 11) is 0. The number of alkyl halides is 3. The molecule has 0 rings (SSSR count). The van der Waals surface area contributed by atoms with Gasteiger partial charge in [-0.3, -0.25) is 4.79 Å². The maximum atomic E-state index is 11.8. The molecule has 0 saturated heterocycles. The molecule has 1 unspecified atom stereocenters. The van der Waals surface area contributed by atoms with E-state index in [0.29, 0.717) is 0 Å². The van der Waals surface area contributed by atoms with E-state index >= 15 is 0 Å². The Labute approximate surface area is 72.7 Å². The molecule has 0 aromatic rings. The predicted octanol–water partition coefficient (Wildman–Crippen LogP) is -0.498. The highest BCUT2D eigenvalue weighted by molar-refractivity contribution is 5.73. The number of aliphatic hydroxyl groups excluding tert-OH is 1. The van der Waals surface area contributed by atoms with Gasteiger partial charge in [-0.1, -0.05) is 0 Å². The number of carbonyl (C=O) groups excluding carboxylic acids is 1. The number of primary amides is 1. The van der Waals surface area contributed by atoms with Crippen molar-refractivity contribution in [2.75, 3.05) is 0 Å². The first-order chi connectivity index (χ1) is 5.75. The summed E-state index contributed by atoms with van der Waals surface area (Å²) in [5.41, 5.74) is 9.67. The minimum atomic E-state index is -4.75. The molecule has 5 N–H and O–H groups in total. The molecule has 2 atom stereocenters. The topological polar surface area (TPSA) is 89.3 Å². The van der Waals surface area contributed by atoms with Gasteiger partial charge in [0.05, 0.1) is 0 Å². The lowest BCUT2D eigenvalue weighted by Gasteiger charge is -2.20. The van der Waals surface area contributed by atoms with Crippen molar-refractivity contribution in [1.29, 1.82) is 0 Å². The Kier molecular flexibility index (Phi) is 4.15. The van der Waals surface area contributed by atoms with Crippen LogP contribution in [0.15, 0.2) is 0 Å². The van der Waals surface area contributed by atoms with Crippen molar-refractivity contribution in [3.63, 3.8) is 0 Å². The van der Waals surface area contributed by atoms with E-state index in [-0.39, 0.29) is 12.8 Å². The molecule has 4 nitrogen and oxygen atoms in total. The predicted molar refractivity (Wildman–Crippen MR) is 38.5 cm³/mol. The number of rotatable bonds is 4. The lowest BCUT2D eigenvalue weighted by Crippen LogP contribution is -2.45. The highest BCUT2D eigenvalue weighted by Crippen LogP contribution is 2.22. The molecule has 0 aliphatic carbocycles. The maximum absolute atomic E-state index is 11.8. The van der Waals surface area contributed by atoms with Gasteiger partial charge in [0.2, 0.25) is 5.91 Å². The molecular weight excluding hydrogens is 189 g/mol. The van der Waals surface area contributed by atoms with Gasteiger partial charge in [0, 0.05) is 12.5 Å². The van der Waals surface area contributed by atoms with E-state index in [1.807, 2.05) is 0 Å². The van der Waals surface area contributed by atoms with E-state index in [4.69, 9.17) is 16.6 Å². The fourth-order valence-electron chi connectivity index (χ4n) is 0.710. The first-order valence-corrected chi connectivity index (χ1v) is 3.54. The van der Waals surface area contributed by atoms with Gasteiger partial charge in [-0.25, -0.2) is 0 Å². The highest BCUT2D eigenvalue weighted by atomic mass is 19.4. The fraction of sp³-hybridized carbons (Fsp3) is 0.833. The van der Waals surface area contributed by atoms with Crippen molar-refractivity contribution < 1.29 is 23.1 Å². The lowest BCUT2D eigenvalue weighted by atomic mass is 10.1. The number of nitrogens with two attached hydrogens (primary N) is 2. The average molecular weight is 200 g/mol. The monoisotopic (exact) mass is 200 g/mol. The van der Waals surface area contributed by atoms with Crippen LogP contribution in [-0.4, -0.2) is 29.3 Å². The van der Waals surface area contributed by atoms with Crippen LogP contribution in [0.4, 0.5) is 13.2 Å². The van der Waals surface area contributed by atoms with E-state index in [0.717, 1.165) is 0 Å². The summed E-state index contributed by atoms with van der Waals surface area (Å²) in [6.45, 7) is 0. The molecule has 78 valence electrons. The van der Waals surface area contributed by atoms with Crippen LogP contribution < -0.4 is 11.5 Å². The number of aliphatic hydroxyl groups is 1. The van der Waals surface area contributed by atoms with Crippen LogP contribution in [0.1, 0.15) is 12.8 Å². The Morgan fingerprint density at radius 1 is 1.46 bits per heavy atom. The van der Waals surface area contributed by atoms with Crippen LogP contribution >= 0.6 is 0 Å². The fourth-order valence-corrected chi connectivity index (χ4v) is 0.710. The molecule has 13 heavy (non-hydrogen) atoms. The molecular formula is C6H11F3N2O2. The molecule has 0 aliphatic rings. The molecule has 0 fully saturated rings. The largest absolute Gasteiger partial charge is 0.415 e. The normalized spacial score (nSPS) is 16.7. The standard InChI is InChI=1S/C6H11F3N2O2/c7-6(8,9)5(13)3(10)1-2-4(11)12/h3,5,13H,1-2,10H2,(H2,11,12)/t3-,5?/m0/s1. The second-order valence-electron chi connectivity index (χ2n) is 2.66. The first kappa shape index (κ1) is 12.2. The molecule has 0 radical (unpaired) electrons. The first-order valence-electron chi connectivity index (χ1n) is 3.54. The van der Waals surface area contributed by atoms with Crippen LogP contribution in [0.2, 0.25) is 0 Å². The second kappa shape index (κ2) is 4.43. The second-order valence-corrected chi connectivity index (χ2v) is 2.66. The molecule has 0 aromatic heterocycles. The van der Waals surface area contributed by atoms with Gasteiger partial charge in [-0.2, -0.15) is 13.2 Å². The van der Waals surface area contributed by atoms with Crippen molar-refractivity contribution in [1.82, 2.24) is 0 Å². The molecule has 0 bridgehead atoms. The number of amides is 1. The van der Waals surface area contributed by atoms with Gasteiger partial charge in [0.1, 0.15) is 0 Å². The van der Waals surface area contributed by atoms with E-state index in [1.54, 1.807) is 0 Å². The summed E-state index contributed by atoms with van der Waals surface area (Å²) < 4.78 is 35.3. The van der Waals surface area contributed by atoms with Gasteiger partial charge in [-0.15, -0.1) is 0 Å². The van der Waals surface area contributed by atoms with Crippen LogP contribution in [0.25, 0.3) is 0 Å². The van der Waals surface area contributed by atoms with Crippen molar-refractivity contribution >= 4 is 5.91 Å². The van der Waals surface area contributed by atoms with Crippen molar-refractivity contribution in [2.45, 2.75) is 31.2 Å². The Hall–Kier alpha value is -0.820. The third kappa shape index (κ3) is 4.69.